The lowest BCUT2D eigenvalue weighted by Crippen LogP contribution is -2.30. The van der Waals surface area contributed by atoms with Crippen molar-refractivity contribution in [2.45, 2.75) is 38.0 Å². The van der Waals surface area contributed by atoms with Crippen LogP contribution >= 0.6 is 46.4 Å². The molecule has 13 heteroatoms. The normalized spacial score (nSPS) is 16.0. The van der Waals surface area contributed by atoms with Gasteiger partial charge in [0.2, 0.25) is 0 Å². The standard InChI is InChI=1S/C27H34ClN3O6S3.C2H6/c1-33-25-16-23(27(32)30-21-8-4-19(5-9-21)12-14-38-15-13-29-39-35-3)24(17-26(25)34-2)31-40(36-18-37-40)22-10-6-20(28)7-11-22;1-2/h4,6-8,10-11,16-17,29,31H,5,9,12-15,18H2,1-3H3,(H,30,32);1-2H3. The molecule has 0 bridgehead atoms. The van der Waals surface area contributed by atoms with Gasteiger partial charge in [-0.3, -0.25) is 9.52 Å². The predicted octanol–water partition coefficient (Wildman–Crippen LogP) is 7.66. The first kappa shape index (κ1) is 34.5. The number of carbonyl (C=O) groups is 1. The molecule has 2 aliphatic rings. The molecule has 1 aliphatic carbocycles. The fraction of sp³-hybridized carbons (Fsp3) is 0.414. The second kappa shape index (κ2) is 17.9. The van der Waals surface area contributed by atoms with Gasteiger partial charge in [-0.05, 0) is 61.4 Å². The lowest BCUT2D eigenvalue weighted by atomic mass is 10.0. The van der Waals surface area contributed by atoms with E-state index < -0.39 is 10.8 Å². The van der Waals surface area contributed by atoms with Gasteiger partial charge in [-0.1, -0.05) is 47.9 Å². The maximum Gasteiger partial charge on any atom is 0.257 e. The molecule has 232 valence electrons. The van der Waals surface area contributed by atoms with Crippen molar-refractivity contribution in [3.05, 3.63) is 70.4 Å². The Hall–Kier alpha value is -2.03. The molecule has 42 heavy (non-hydrogen) atoms. The molecule has 0 atom stereocenters. The highest BCUT2D eigenvalue weighted by atomic mass is 35.5. The third-order valence-corrected chi connectivity index (χ3v) is 10.1. The van der Waals surface area contributed by atoms with Crippen LogP contribution in [0, 0.1) is 0 Å². The van der Waals surface area contributed by atoms with E-state index in [0.29, 0.717) is 27.8 Å². The quantitative estimate of drug-likeness (QED) is 0.101. The van der Waals surface area contributed by atoms with Crippen LogP contribution in [-0.4, -0.2) is 52.1 Å². The van der Waals surface area contributed by atoms with E-state index in [1.165, 1.54) is 24.9 Å². The van der Waals surface area contributed by atoms with Crippen LogP contribution in [0.1, 0.15) is 43.5 Å². The van der Waals surface area contributed by atoms with E-state index >= 15 is 0 Å². The first-order valence-corrected chi connectivity index (χ1v) is 17.4. The number of rotatable bonds is 15. The van der Waals surface area contributed by atoms with Crippen LogP contribution in [0.25, 0.3) is 0 Å². The Balaban J connectivity index is 0.00000237. The number of anilines is 1. The van der Waals surface area contributed by atoms with Gasteiger partial charge in [0.15, 0.2) is 18.3 Å². The van der Waals surface area contributed by atoms with Crippen LogP contribution in [0.15, 0.2) is 64.7 Å². The summed E-state index contributed by atoms with van der Waals surface area (Å²) in [6.45, 7) is 5.04. The smallest absolute Gasteiger partial charge is 0.257 e. The van der Waals surface area contributed by atoms with E-state index in [0.717, 1.165) is 47.9 Å². The molecular weight excluding hydrogens is 618 g/mol. The van der Waals surface area contributed by atoms with E-state index in [-0.39, 0.29) is 12.7 Å². The fourth-order valence-corrected chi connectivity index (χ4v) is 7.20. The SMILES string of the molecule is CC.COSNCCSCCC1=CC=C(NC(=O)c2cc(OC)c(OC)cc2NS2(c3ccc(Cl)cc3)OCO2)CC1. The highest BCUT2D eigenvalue weighted by Crippen LogP contribution is 2.63. The Morgan fingerprint density at radius 3 is 2.31 bits per heavy atom. The summed E-state index contributed by atoms with van der Waals surface area (Å²) in [5.74, 6) is 2.73. The zero-order chi connectivity index (χ0) is 30.4. The van der Waals surface area contributed by atoms with Gasteiger partial charge < -0.3 is 19.0 Å². The molecule has 2 aromatic carbocycles. The number of hydrogen-bond acceptors (Lipinski definition) is 10. The molecular formula is C29H40ClN3O6S3. The van der Waals surface area contributed by atoms with Gasteiger partial charge in [0.1, 0.15) is 0 Å². The zero-order valence-electron chi connectivity index (χ0n) is 24.6. The summed E-state index contributed by atoms with van der Waals surface area (Å²) in [7, 11) is 2.40. The Morgan fingerprint density at radius 1 is 1.00 bits per heavy atom. The number of amides is 1. The highest BCUT2D eigenvalue weighted by molar-refractivity contribution is 8.27. The number of allylic oxidation sites excluding steroid dienone is 4. The zero-order valence-corrected chi connectivity index (χ0v) is 27.8. The summed E-state index contributed by atoms with van der Waals surface area (Å²) in [4.78, 5) is 14.3. The number of ether oxygens (including phenoxy) is 2. The van der Waals surface area contributed by atoms with Gasteiger partial charge in [-0.15, -0.1) is 0 Å². The average Bonchev–Trinajstić information content (AvgIpc) is 3.00. The lowest BCUT2D eigenvalue weighted by Gasteiger charge is -2.50. The fourth-order valence-electron chi connectivity index (χ4n) is 4.03. The minimum absolute atomic E-state index is 0.142. The van der Waals surface area contributed by atoms with Crippen molar-refractivity contribution in [2.24, 2.45) is 0 Å². The third kappa shape index (κ3) is 9.48. The van der Waals surface area contributed by atoms with E-state index in [1.807, 2.05) is 43.8 Å². The molecule has 0 radical (unpaired) electrons. The molecule has 0 unspecified atom stereocenters. The molecule has 3 N–H and O–H groups in total. The van der Waals surface area contributed by atoms with Gasteiger partial charge in [0, 0.05) is 29.1 Å². The highest BCUT2D eigenvalue weighted by Gasteiger charge is 2.35. The van der Waals surface area contributed by atoms with Gasteiger partial charge in [-0.25, -0.2) is 13.1 Å². The summed E-state index contributed by atoms with van der Waals surface area (Å²) in [6, 6.07) is 10.6. The Kier molecular flexibility index (Phi) is 14.7. The van der Waals surface area contributed by atoms with Crippen molar-refractivity contribution >= 4 is 58.0 Å². The average molecular weight is 658 g/mol. The second-order valence-corrected chi connectivity index (χ2v) is 13.2. The van der Waals surface area contributed by atoms with Crippen LogP contribution in [0.5, 0.6) is 11.5 Å². The molecule has 4 rings (SSSR count). The van der Waals surface area contributed by atoms with Crippen molar-refractivity contribution in [1.82, 2.24) is 10.0 Å². The van der Waals surface area contributed by atoms with Crippen LogP contribution in [0.4, 0.5) is 5.69 Å². The predicted molar refractivity (Wildman–Crippen MR) is 176 cm³/mol. The summed E-state index contributed by atoms with van der Waals surface area (Å²) < 4.78 is 34.2. The Morgan fingerprint density at radius 2 is 1.71 bits per heavy atom. The summed E-state index contributed by atoms with van der Waals surface area (Å²) in [5, 5.41) is 3.68. The van der Waals surface area contributed by atoms with Gasteiger partial charge in [-0.2, -0.15) is 11.8 Å². The van der Waals surface area contributed by atoms with Crippen LogP contribution in [0.3, 0.4) is 0 Å². The maximum absolute atomic E-state index is 13.6. The first-order chi connectivity index (χ1) is 20.5. The Bertz CT molecular complexity index is 1230. The number of carbonyl (C=O) groups excluding carboxylic acids is 1. The minimum Gasteiger partial charge on any atom is -0.493 e. The van der Waals surface area contributed by atoms with Crippen molar-refractivity contribution in [3.8, 4) is 11.5 Å². The van der Waals surface area contributed by atoms with Crippen molar-refractivity contribution in [2.75, 3.05) is 50.9 Å². The minimum atomic E-state index is -2.33. The number of hydrogen-bond donors (Lipinski definition) is 3. The van der Waals surface area contributed by atoms with E-state index in [1.54, 1.807) is 38.5 Å². The van der Waals surface area contributed by atoms with Gasteiger partial charge in [0.25, 0.3) is 5.91 Å². The summed E-state index contributed by atoms with van der Waals surface area (Å²) in [6.07, 6.45) is 6.80. The van der Waals surface area contributed by atoms with Crippen molar-refractivity contribution < 1.29 is 26.8 Å². The van der Waals surface area contributed by atoms with Crippen molar-refractivity contribution in [1.29, 1.82) is 0 Å². The monoisotopic (exact) mass is 657 g/mol. The molecule has 0 spiro atoms. The molecule has 1 amide bonds. The molecule has 0 aromatic heterocycles. The van der Waals surface area contributed by atoms with Gasteiger partial charge >= 0.3 is 0 Å². The molecule has 1 saturated heterocycles. The van der Waals surface area contributed by atoms with Crippen LogP contribution in [-0.2, 0) is 12.5 Å². The van der Waals surface area contributed by atoms with Gasteiger partial charge in [0.05, 0.1) is 49.7 Å². The van der Waals surface area contributed by atoms with E-state index in [2.05, 4.69) is 20.8 Å². The molecule has 1 fully saturated rings. The molecule has 2 aromatic rings. The van der Waals surface area contributed by atoms with Crippen LogP contribution in [0.2, 0.25) is 5.02 Å². The first-order valence-electron chi connectivity index (χ1n) is 13.6. The summed E-state index contributed by atoms with van der Waals surface area (Å²) in [5.41, 5.74) is 3.12. The Labute approximate surface area is 264 Å². The van der Waals surface area contributed by atoms with Crippen LogP contribution < -0.4 is 24.2 Å². The van der Waals surface area contributed by atoms with E-state index in [9.17, 15) is 4.79 Å². The number of thioether (sulfide) groups is 1. The lowest BCUT2D eigenvalue weighted by molar-refractivity contribution is 0.0489. The molecule has 1 aliphatic heterocycles. The number of halogens is 1. The molecule has 1 heterocycles. The summed E-state index contributed by atoms with van der Waals surface area (Å²) >= 11 is 9.25. The van der Waals surface area contributed by atoms with Crippen molar-refractivity contribution in [3.63, 3.8) is 0 Å². The largest absolute Gasteiger partial charge is 0.493 e. The number of benzene rings is 2. The number of nitrogens with one attached hydrogen (secondary N) is 3. The maximum atomic E-state index is 13.6. The number of methoxy groups -OCH3 is 2. The second-order valence-electron chi connectivity index (χ2n) is 8.64. The third-order valence-electron chi connectivity index (χ3n) is 6.13. The van der Waals surface area contributed by atoms with E-state index in [4.69, 9.17) is 33.6 Å². The molecule has 9 nitrogen and oxygen atoms in total. The molecule has 0 saturated carbocycles. The topological polar surface area (TPSA) is 99.3 Å².